The lowest BCUT2D eigenvalue weighted by Gasteiger charge is -2.38. The van der Waals surface area contributed by atoms with Crippen LogP contribution < -0.4 is 10.6 Å². The van der Waals surface area contributed by atoms with Crippen molar-refractivity contribution in [3.8, 4) is 0 Å². The molecule has 0 saturated carbocycles. The minimum absolute atomic E-state index is 0.0581. The van der Waals surface area contributed by atoms with Gasteiger partial charge in [0.2, 0.25) is 0 Å². The van der Waals surface area contributed by atoms with E-state index < -0.39 is 17.6 Å². The highest BCUT2D eigenvalue weighted by Crippen LogP contribution is 2.25. The van der Waals surface area contributed by atoms with E-state index in [9.17, 15) is 14.0 Å². The third-order valence-electron chi connectivity index (χ3n) is 4.80. The minimum Gasteiger partial charge on any atom is -0.379 e. The molecule has 3 rings (SSSR count). The van der Waals surface area contributed by atoms with Crippen molar-refractivity contribution in [2.75, 3.05) is 31.6 Å². The standard InChI is InChI=1S/C21H23ClFN3O3/c1-14(19(15-5-3-2-4-6-15)26-9-11-29-12-10-26)24-20(27)21(28)25-16-7-8-17(22)18(23)13-16/h2-8,13-14,19H,9-12H2,1H3,(H,24,27)(H,25,28). The fraction of sp³-hybridized carbons (Fsp3) is 0.333. The molecule has 2 N–H and O–H groups in total. The summed E-state index contributed by atoms with van der Waals surface area (Å²) in [7, 11) is 0. The van der Waals surface area contributed by atoms with Crippen LogP contribution in [0.15, 0.2) is 48.5 Å². The molecule has 2 unspecified atom stereocenters. The first-order valence-corrected chi connectivity index (χ1v) is 9.77. The van der Waals surface area contributed by atoms with E-state index in [1.54, 1.807) is 0 Å². The maximum absolute atomic E-state index is 13.5. The molecule has 0 aromatic heterocycles. The van der Waals surface area contributed by atoms with E-state index in [0.717, 1.165) is 24.7 Å². The van der Waals surface area contributed by atoms with Gasteiger partial charge in [-0.15, -0.1) is 0 Å². The van der Waals surface area contributed by atoms with Crippen LogP contribution in [0.5, 0.6) is 0 Å². The van der Waals surface area contributed by atoms with Gasteiger partial charge < -0.3 is 15.4 Å². The van der Waals surface area contributed by atoms with Crippen LogP contribution in [0.2, 0.25) is 5.02 Å². The number of hydrogen-bond acceptors (Lipinski definition) is 4. The summed E-state index contributed by atoms with van der Waals surface area (Å²) in [5.41, 5.74) is 1.20. The molecule has 2 atom stereocenters. The molecule has 0 bridgehead atoms. The van der Waals surface area contributed by atoms with Gasteiger partial charge in [-0.2, -0.15) is 0 Å². The largest absolute Gasteiger partial charge is 0.379 e. The van der Waals surface area contributed by atoms with E-state index in [1.807, 2.05) is 37.3 Å². The summed E-state index contributed by atoms with van der Waals surface area (Å²) in [6.07, 6.45) is 0. The van der Waals surface area contributed by atoms with Crippen molar-refractivity contribution in [1.82, 2.24) is 10.2 Å². The molecule has 0 aliphatic carbocycles. The number of ether oxygens (including phenoxy) is 1. The number of rotatable bonds is 5. The quantitative estimate of drug-likeness (QED) is 0.731. The number of morpholine rings is 1. The van der Waals surface area contributed by atoms with Crippen molar-refractivity contribution in [3.05, 3.63) is 64.9 Å². The molecule has 1 fully saturated rings. The van der Waals surface area contributed by atoms with E-state index in [4.69, 9.17) is 16.3 Å². The highest BCUT2D eigenvalue weighted by atomic mass is 35.5. The van der Waals surface area contributed by atoms with Gasteiger partial charge in [0.25, 0.3) is 0 Å². The van der Waals surface area contributed by atoms with Gasteiger partial charge in [-0.3, -0.25) is 14.5 Å². The lowest BCUT2D eigenvalue weighted by atomic mass is 9.98. The third-order valence-corrected chi connectivity index (χ3v) is 5.10. The van der Waals surface area contributed by atoms with Crippen LogP contribution in [0.1, 0.15) is 18.5 Å². The predicted molar refractivity (Wildman–Crippen MR) is 109 cm³/mol. The van der Waals surface area contributed by atoms with Gasteiger partial charge in [0, 0.05) is 24.8 Å². The molecule has 1 aliphatic rings. The molecule has 8 heteroatoms. The Hall–Kier alpha value is -2.48. The summed E-state index contributed by atoms with van der Waals surface area (Å²) >= 11 is 5.63. The summed E-state index contributed by atoms with van der Waals surface area (Å²) in [5, 5.41) is 5.10. The molecule has 1 heterocycles. The summed E-state index contributed by atoms with van der Waals surface area (Å²) in [6, 6.07) is 13.2. The lowest BCUT2D eigenvalue weighted by molar-refractivity contribution is -0.137. The first-order valence-electron chi connectivity index (χ1n) is 9.39. The highest BCUT2D eigenvalue weighted by molar-refractivity contribution is 6.39. The SMILES string of the molecule is CC(NC(=O)C(=O)Nc1ccc(Cl)c(F)c1)C(c1ccccc1)N1CCOCC1. The highest BCUT2D eigenvalue weighted by Gasteiger charge is 2.30. The second-order valence-electron chi connectivity index (χ2n) is 6.85. The number of nitrogens with zero attached hydrogens (tertiary/aromatic N) is 1. The average molecular weight is 420 g/mol. The Bertz CT molecular complexity index is 860. The Morgan fingerprint density at radius 1 is 1.10 bits per heavy atom. The lowest BCUT2D eigenvalue weighted by Crippen LogP contribution is -2.50. The summed E-state index contributed by atoms with van der Waals surface area (Å²) in [5.74, 6) is -2.33. The molecule has 0 spiro atoms. The topological polar surface area (TPSA) is 70.7 Å². The van der Waals surface area contributed by atoms with E-state index in [1.165, 1.54) is 12.1 Å². The van der Waals surface area contributed by atoms with Gasteiger partial charge in [-0.1, -0.05) is 41.9 Å². The van der Waals surface area contributed by atoms with Crippen LogP contribution in [-0.4, -0.2) is 49.1 Å². The van der Waals surface area contributed by atoms with E-state index in [-0.39, 0.29) is 22.8 Å². The first kappa shape index (κ1) is 21.2. The molecule has 0 radical (unpaired) electrons. The number of nitrogens with one attached hydrogen (secondary N) is 2. The smallest absolute Gasteiger partial charge is 0.313 e. The molecule has 29 heavy (non-hydrogen) atoms. The zero-order chi connectivity index (χ0) is 20.8. The number of anilines is 1. The second kappa shape index (κ2) is 9.82. The van der Waals surface area contributed by atoms with E-state index in [0.29, 0.717) is 13.2 Å². The molecular weight excluding hydrogens is 397 g/mol. The number of benzene rings is 2. The van der Waals surface area contributed by atoms with Crippen molar-refractivity contribution in [1.29, 1.82) is 0 Å². The molecule has 2 amide bonds. The molecule has 6 nitrogen and oxygen atoms in total. The number of carbonyl (C=O) groups excluding carboxylic acids is 2. The predicted octanol–water partition coefficient (Wildman–Crippen LogP) is 3.00. The summed E-state index contributed by atoms with van der Waals surface area (Å²) < 4.78 is 19.0. The van der Waals surface area contributed by atoms with Crippen molar-refractivity contribution in [2.24, 2.45) is 0 Å². The van der Waals surface area contributed by atoms with Crippen LogP contribution in [-0.2, 0) is 14.3 Å². The molecule has 154 valence electrons. The van der Waals surface area contributed by atoms with Crippen molar-refractivity contribution < 1.29 is 18.7 Å². The Balaban J connectivity index is 1.69. The van der Waals surface area contributed by atoms with Gasteiger partial charge in [-0.05, 0) is 30.7 Å². The summed E-state index contributed by atoms with van der Waals surface area (Å²) in [4.78, 5) is 26.9. The fourth-order valence-electron chi connectivity index (χ4n) is 3.43. The van der Waals surface area contributed by atoms with Crippen LogP contribution in [0.25, 0.3) is 0 Å². The van der Waals surface area contributed by atoms with Gasteiger partial charge in [0.05, 0.1) is 24.3 Å². The maximum atomic E-state index is 13.5. The molecule has 2 aromatic carbocycles. The normalized spacial score (nSPS) is 16.7. The zero-order valence-electron chi connectivity index (χ0n) is 16.0. The number of amides is 2. The van der Waals surface area contributed by atoms with Gasteiger partial charge in [-0.25, -0.2) is 4.39 Å². The number of halogens is 2. The monoisotopic (exact) mass is 419 g/mol. The third kappa shape index (κ3) is 5.53. The van der Waals surface area contributed by atoms with Gasteiger partial charge >= 0.3 is 11.8 Å². The van der Waals surface area contributed by atoms with Crippen LogP contribution >= 0.6 is 11.6 Å². The second-order valence-corrected chi connectivity index (χ2v) is 7.26. The van der Waals surface area contributed by atoms with E-state index in [2.05, 4.69) is 15.5 Å². The first-order chi connectivity index (χ1) is 14.0. The molecular formula is C21H23ClFN3O3. The van der Waals surface area contributed by atoms with Gasteiger partial charge in [0.1, 0.15) is 5.82 Å². The molecule has 1 saturated heterocycles. The number of hydrogen-bond donors (Lipinski definition) is 2. The Labute approximate surface area is 174 Å². The minimum atomic E-state index is -0.868. The Morgan fingerprint density at radius 3 is 2.45 bits per heavy atom. The van der Waals surface area contributed by atoms with Crippen LogP contribution in [0.4, 0.5) is 10.1 Å². The van der Waals surface area contributed by atoms with Crippen LogP contribution in [0, 0.1) is 5.82 Å². The molecule has 1 aliphatic heterocycles. The van der Waals surface area contributed by atoms with E-state index >= 15 is 0 Å². The average Bonchev–Trinajstić information content (AvgIpc) is 2.72. The van der Waals surface area contributed by atoms with Gasteiger partial charge in [0.15, 0.2) is 0 Å². The van der Waals surface area contributed by atoms with Crippen LogP contribution in [0.3, 0.4) is 0 Å². The number of carbonyl (C=O) groups is 2. The van der Waals surface area contributed by atoms with Crippen molar-refractivity contribution in [3.63, 3.8) is 0 Å². The Morgan fingerprint density at radius 2 is 1.79 bits per heavy atom. The Kier molecular flexibility index (Phi) is 7.19. The maximum Gasteiger partial charge on any atom is 0.313 e. The summed E-state index contributed by atoms with van der Waals surface area (Å²) in [6.45, 7) is 4.56. The van der Waals surface area contributed by atoms with Crippen molar-refractivity contribution >= 4 is 29.1 Å². The fourth-order valence-corrected chi connectivity index (χ4v) is 3.55. The van der Waals surface area contributed by atoms with Crippen molar-refractivity contribution in [2.45, 2.75) is 19.0 Å². The zero-order valence-corrected chi connectivity index (χ0v) is 16.8. The molecule has 2 aromatic rings.